The summed E-state index contributed by atoms with van der Waals surface area (Å²) in [6.07, 6.45) is 2.66. The maximum absolute atomic E-state index is 12.3. The predicted octanol–water partition coefficient (Wildman–Crippen LogP) is 3.66. The third kappa shape index (κ3) is 5.09. The number of benzene rings is 2. The molecular formula is C23H25N3O4. The van der Waals surface area contributed by atoms with Gasteiger partial charge in [0.25, 0.3) is 0 Å². The second-order valence-corrected chi connectivity index (χ2v) is 7.10. The van der Waals surface area contributed by atoms with Crippen molar-refractivity contribution in [1.29, 1.82) is 5.26 Å². The molecule has 1 aliphatic rings. The number of nitrogens with zero attached hydrogens (tertiary/aromatic N) is 2. The van der Waals surface area contributed by atoms with Gasteiger partial charge in [-0.3, -0.25) is 9.59 Å². The molecule has 0 bridgehead atoms. The molecule has 0 saturated heterocycles. The highest BCUT2D eigenvalue weighted by Gasteiger charge is 2.20. The summed E-state index contributed by atoms with van der Waals surface area (Å²) in [6, 6.07) is 12.7. The summed E-state index contributed by atoms with van der Waals surface area (Å²) < 4.78 is 10.9. The number of carbonyl (C=O) groups is 2. The average molecular weight is 407 g/mol. The van der Waals surface area contributed by atoms with Crippen LogP contribution in [0.3, 0.4) is 0 Å². The van der Waals surface area contributed by atoms with Gasteiger partial charge in [-0.25, -0.2) is 0 Å². The number of ether oxygens (including phenoxy) is 2. The van der Waals surface area contributed by atoms with E-state index in [1.807, 2.05) is 18.2 Å². The standard InChI is InChI=1S/C23H25N3O4/c1-16(27)26-11-3-5-18-14-19(8-9-20(18)26)25-23(28)6-4-12-30-21-10-7-17(15-24)13-22(21)29-2/h7-10,13-14H,3-6,11-12H2,1-2H3,(H,25,28). The number of carbonyl (C=O) groups excluding carboxylic acids is 2. The van der Waals surface area contributed by atoms with Crippen molar-refractivity contribution >= 4 is 23.2 Å². The minimum Gasteiger partial charge on any atom is -0.493 e. The molecule has 0 aliphatic carbocycles. The van der Waals surface area contributed by atoms with Crippen LogP contribution >= 0.6 is 0 Å². The van der Waals surface area contributed by atoms with E-state index in [0.717, 1.165) is 36.3 Å². The Morgan fingerprint density at radius 3 is 2.77 bits per heavy atom. The number of fused-ring (bicyclic) bond motifs is 1. The van der Waals surface area contributed by atoms with Crippen LogP contribution in [-0.4, -0.2) is 32.1 Å². The van der Waals surface area contributed by atoms with Gasteiger partial charge in [0.15, 0.2) is 11.5 Å². The van der Waals surface area contributed by atoms with Crippen molar-refractivity contribution in [3.63, 3.8) is 0 Å². The van der Waals surface area contributed by atoms with Gasteiger partial charge in [-0.2, -0.15) is 5.26 Å². The lowest BCUT2D eigenvalue weighted by molar-refractivity contribution is -0.117. The molecule has 0 atom stereocenters. The number of hydrogen-bond donors (Lipinski definition) is 1. The number of anilines is 2. The Hall–Kier alpha value is -3.53. The number of aryl methyl sites for hydroxylation is 1. The molecule has 3 rings (SSSR count). The number of amides is 2. The van der Waals surface area contributed by atoms with Gasteiger partial charge in [-0.1, -0.05) is 0 Å². The lowest BCUT2D eigenvalue weighted by Gasteiger charge is -2.29. The largest absolute Gasteiger partial charge is 0.493 e. The molecule has 0 spiro atoms. The lowest BCUT2D eigenvalue weighted by Crippen LogP contribution is -2.33. The zero-order chi connectivity index (χ0) is 21.5. The van der Waals surface area contributed by atoms with Gasteiger partial charge in [0, 0.05) is 37.3 Å². The van der Waals surface area contributed by atoms with Gasteiger partial charge in [-0.15, -0.1) is 0 Å². The fraction of sp³-hybridized carbons (Fsp3) is 0.348. The van der Waals surface area contributed by atoms with Crippen molar-refractivity contribution in [2.24, 2.45) is 0 Å². The molecule has 0 radical (unpaired) electrons. The van der Waals surface area contributed by atoms with Gasteiger partial charge in [0.2, 0.25) is 11.8 Å². The van der Waals surface area contributed by atoms with E-state index >= 15 is 0 Å². The van der Waals surface area contributed by atoms with E-state index in [9.17, 15) is 9.59 Å². The fourth-order valence-corrected chi connectivity index (χ4v) is 3.50. The van der Waals surface area contributed by atoms with Crippen molar-refractivity contribution in [3.05, 3.63) is 47.5 Å². The quantitative estimate of drug-likeness (QED) is 0.707. The molecule has 1 aliphatic heterocycles. The summed E-state index contributed by atoms with van der Waals surface area (Å²) in [5.41, 5.74) is 3.23. The molecule has 30 heavy (non-hydrogen) atoms. The van der Waals surface area contributed by atoms with Crippen LogP contribution in [0.5, 0.6) is 11.5 Å². The van der Waals surface area contributed by atoms with E-state index in [-0.39, 0.29) is 11.8 Å². The first-order valence-corrected chi connectivity index (χ1v) is 9.93. The molecule has 0 fully saturated rings. The Labute approximate surface area is 176 Å². The van der Waals surface area contributed by atoms with Crippen LogP contribution in [0.4, 0.5) is 11.4 Å². The van der Waals surface area contributed by atoms with Crippen LogP contribution < -0.4 is 19.7 Å². The van der Waals surface area contributed by atoms with Gasteiger partial charge >= 0.3 is 0 Å². The predicted molar refractivity (Wildman–Crippen MR) is 114 cm³/mol. The maximum Gasteiger partial charge on any atom is 0.224 e. The second-order valence-electron chi connectivity index (χ2n) is 7.10. The Bertz CT molecular complexity index is 981. The van der Waals surface area contributed by atoms with E-state index in [2.05, 4.69) is 11.4 Å². The van der Waals surface area contributed by atoms with E-state index in [4.69, 9.17) is 14.7 Å². The molecule has 0 saturated carbocycles. The Morgan fingerprint density at radius 2 is 2.03 bits per heavy atom. The molecule has 1 N–H and O–H groups in total. The molecule has 0 aromatic heterocycles. The highest BCUT2D eigenvalue weighted by atomic mass is 16.5. The minimum absolute atomic E-state index is 0.0339. The Balaban J connectivity index is 1.50. The van der Waals surface area contributed by atoms with Gasteiger partial charge in [0.1, 0.15) is 0 Å². The molecule has 156 valence electrons. The first kappa shape index (κ1) is 21.2. The summed E-state index contributed by atoms with van der Waals surface area (Å²) in [7, 11) is 1.52. The highest BCUT2D eigenvalue weighted by molar-refractivity contribution is 5.94. The van der Waals surface area contributed by atoms with Crippen molar-refractivity contribution in [3.8, 4) is 17.6 Å². The van der Waals surface area contributed by atoms with E-state index in [1.54, 1.807) is 30.0 Å². The normalized spacial score (nSPS) is 12.5. The summed E-state index contributed by atoms with van der Waals surface area (Å²) in [5.74, 6) is 0.977. The highest BCUT2D eigenvalue weighted by Crippen LogP contribution is 2.30. The number of nitriles is 1. The smallest absolute Gasteiger partial charge is 0.224 e. The summed E-state index contributed by atoms with van der Waals surface area (Å²) in [6.45, 7) is 2.66. The molecular weight excluding hydrogens is 382 g/mol. The number of nitrogens with one attached hydrogen (secondary N) is 1. The molecule has 2 aromatic carbocycles. The topological polar surface area (TPSA) is 91.7 Å². The van der Waals surface area contributed by atoms with Crippen molar-refractivity contribution in [2.45, 2.75) is 32.6 Å². The van der Waals surface area contributed by atoms with E-state index < -0.39 is 0 Å². The molecule has 2 amide bonds. The van der Waals surface area contributed by atoms with Crippen LogP contribution in [0.2, 0.25) is 0 Å². The average Bonchev–Trinajstić information content (AvgIpc) is 2.76. The number of rotatable bonds is 7. The minimum atomic E-state index is -0.0930. The number of hydrogen-bond acceptors (Lipinski definition) is 5. The third-order valence-electron chi connectivity index (χ3n) is 4.96. The van der Waals surface area contributed by atoms with E-state index in [0.29, 0.717) is 36.5 Å². The Morgan fingerprint density at radius 1 is 1.20 bits per heavy atom. The van der Waals surface area contributed by atoms with Crippen molar-refractivity contribution in [1.82, 2.24) is 0 Å². The van der Waals surface area contributed by atoms with Crippen LogP contribution in [0.15, 0.2) is 36.4 Å². The first-order chi connectivity index (χ1) is 14.5. The Kier molecular flexibility index (Phi) is 6.91. The summed E-state index contributed by atoms with van der Waals surface area (Å²) in [4.78, 5) is 25.8. The molecule has 7 nitrogen and oxygen atoms in total. The maximum atomic E-state index is 12.3. The van der Waals surface area contributed by atoms with Gasteiger partial charge < -0.3 is 19.7 Å². The molecule has 7 heteroatoms. The number of methoxy groups -OCH3 is 1. The van der Waals surface area contributed by atoms with Gasteiger partial charge in [0.05, 0.1) is 25.3 Å². The van der Waals surface area contributed by atoms with Gasteiger partial charge in [-0.05, 0) is 55.2 Å². The second kappa shape index (κ2) is 9.79. The zero-order valence-corrected chi connectivity index (χ0v) is 17.2. The fourth-order valence-electron chi connectivity index (χ4n) is 3.50. The SMILES string of the molecule is COc1cc(C#N)ccc1OCCCC(=O)Nc1ccc2c(c1)CCCN2C(C)=O. The van der Waals surface area contributed by atoms with Crippen LogP contribution in [-0.2, 0) is 16.0 Å². The summed E-state index contributed by atoms with van der Waals surface area (Å²) >= 11 is 0. The van der Waals surface area contributed by atoms with Crippen LogP contribution in [0.1, 0.15) is 37.3 Å². The third-order valence-corrected chi connectivity index (χ3v) is 4.96. The molecule has 0 unspecified atom stereocenters. The zero-order valence-electron chi connectivity index (χ0n) is 17.2. The van der Waals surface area contributed by atoms with E-state index in [1.165, 1.54) is 7.11 Å². The molecule has 2 aromatic rings. The van der Waals surface area contributed by atoms with Crippen molar-refractivity contribution < 1.29 is 19.1 Å². The monoisotopic (exact) mass is 407 g/mol. The molecule has 1 heterocycles. The van der Waals surface area contributed by atoms with Crippen LogP contribution in [0.25, 0.3) is 0 Å². The summed E-state index contributed by atoms with van der Waals surface area (Å²) in [5, 5.41) is 11.9. The lowest BCUT2D eigenvalue weighted by atomic mass is 10.0. The first-order valence-electron chi connectivity index (χ1n) is 9.93. The van der Waals surface area contributed by atoms with Crippen LogP contribution in [0, 0.1) is 11.3 Å². The van der Waals surface area contributed by atoms with Crippen molar-refractivity contribution in [2.75, 3.05) is 30.5 Å².